The fourth-order valence-electron chi connectivity index (χ4n) is 0.203. The average molecular weight is 186 g/mol. The van der Waals surface area contributed by atoms with Crippen LogP contribution in [0, 0.1) is 11.6 Å². The molecule has 0 saturated carbocycles. The third-order valence-electron chi connectivity index (χ3n) is 0.446. The quantitative estimate of drug-likeness (QED) is 0.377. The average Bonchev–Trinajstić information content (AvgIpc) is 1.69. The largest absolute Gasteiger partial charge is 0.477 e. The van der Waals surface area contributed by atoms with Crippen LogP contribution in [0.15, 0.2) is 6.08 Å². The monoisotopic (exact) mass is 186 g/mol. The van der Waals surface area contributed by atoms with Crippen molar-refractivity contribution in [3.8, 4) is 0 Å². The van der Waals surface area contributed by atoms with Gasteiger partial charge in [-0.3, -0.25) is 0 Å². The van der Waals surface area contributed by atoms with Crippen molar-refractivity contribution in [3.63, 3.8) is 0 Å². The fourth-order valence-corrected chi connectivity index (χ4v) is 0.203. The second kappa shape index (κ2) is 10.3. The first-order valence-electron chi connectivity index (χ1n) is 2.22. The molecule has 0 aromatic rings. The van der Waals surface area contributed by atoms with Crippen molar-refractivity contribution in [1.82, 2.24) is 5.32 Å². The molecule has 2 N–H and O–H groups in total. The summed E-state index contributed by atoms with van der Waals surface area (Å²) in [6.45, 7) is 2.84. The van der Waals surface area contributed by atoms with Gasteiger partial charge in [0.2, 0.25) is 0 Å². The van der Waals surface area contributed by atoms with Crippen LogP contribution in [0.4, 0.5) is 0 Å². The smallest absolute Gasteiger partial charge is 0 e. The van der Waals surface area contributed by atoms with Crippen molar-refractivity contribution in [1.29, 1.82) is 5.41 Å². The van der Waals surface area contributed by atoms with Crippen LogP contribution in [0.25, 0.3) is 0 Å². The van der Waals surface area contributed by atoms with E-state index in [0.717, 1.165) is 6.54 Å². The molecule has 1 radical (unpaired) electrons. The summed E-state index contributed by atoms with van der Waals surface area (Å²) in [5.41, 5.74) is 0. The van der Waals surface area contributed by atoms with E-state index in [-0.39, 0.29) is 32.7 Å². The molecule has 0 aromatic heterocycles. The van der Waals surface area contributed by atoms with Crippen molar-refractivity contribution in [3.05, 3.63) is 12.3 Å². The zero-order chi connectivity index (χ0) is 5.54. The van der Waals surface area contributed by atoms with E-state index in [2.05, 4.69) is 11.5 Å². The Hall–Kier alpha value is 0.314. The zero-order valence-corrected chi connectivity index (χ0v) is 7.78. The minimum absolute atomic E-state index is 0. The van der Waals surface area contributed by atoms with Gasteiger partial charge in [0, 0.05) is 32.7 Å². The van der Waals surface area contributed by atoms with E-state index in [1.54, 1.807) is 0 Å². The Balaban J connectivity index is 0. The van der Waals surface area contributed by atoms with E-state index in [1.165, 1.54) is 12.3 Å². The van der Waals surface area contributed by atoms with Crippen LogP contribution < -0.4 is 5.32 Å². The number of allylic oxidation sites excluding steroid dienone is 1. The van der Waals surface area contributed by atoms with Gasteiger partial charge < -0.3 is 10.7 Å². The van der Waals surface area contributed by atoms with E-state index in [9.17, 15) is 0 Å². The molecule has 0 unspecified atom stereocenters. The Kier molecular flexibility index (Phi) is 14.4. The Morgan fingerprint density at radius 1 is 1.75 bits per heavy atom. The molecule has 0 rings (SSSR count). The predicted octanol–water partition coefficient (Wildman–Crippen LogP) is 0.560. The molecule has 0 aliphatic carbocycles. The first-order valence-corrected chi connectivity index (χ1v) is 2.22. The molecular formula is C5H9N2Y-. The standard InChI is InChI=1S/C5H9N2.Y/c1-2-7-5-3-4-6;/h3-4,6-7H,2H2,1H3;/q-1;. The number of rotatable bonds is 3. The van der Waals surface area contributed by atoms with Gasteiger partial charge in [0.25, 0.3) is 0 Å². The number of hydrogen-bond donors (Lipinski definition) is 2. The van der Waals surface area contributed by atoms with E-state index < -0.39 is 0 Å². The van der Waals surface area contributed by atoms with E-state index >= 15 is 0 Å². The van der Waals surface area contributed by atoms with Gasteiger partial charge in [0.1, 0.15) is 0 Å². The summed E-state index contributed by atoms with van der Waals surface area (Å²) in [6, 6.07) is 0. The summed E-state index contributed by atoms with van der Waals surface area (Å²) in [6.07, 6.45) is 5.37. The van der Waals surface area contributed by atoms with Gasteiger partial charge in [-0.2, -0.15) is 6.20 Å². The molecule has 0 fully saturated rings. The number of hydrogen-bond acceptors (Lipinski definition) is 2. The molecule has 0 heterocycles. The van der Waals surface area contributed by atoms with Gasteiger partial charge in [0.05, 0.1) is 0 Å². The number of nitrogens with one attached hydrogen (secondary N) is 2. The molecule has 0 aromatic carbocycles. The van der Waals surface area contributed by atoms with E-state index in [4.69, 9.17) is 5.41 Å². The second-order valence-electron chi connectivity index (χ2n) is 1.01. The van der Waals surface area contributed by atoms with Crippen molar-refractivity contribution < 1.29 is 32.7 Å². The van der Waals surface area contributed by atoms with Crippen molar-refractivity contribution in [2.45, 2.75) is 6.92 Å². The predicted molar refractivity (Wildman–Crippen MR) is 30.3 cm³/mol. The molecule has 0 atom stereocenters. The third kappa shape index (κ3) is 9.58. The van der Waals surface area contributed by atoms with Crippen LogP contribution in [-0.2, 0) is 32.7 Å². The topological polar surface area (TPSA) is 35.9 Å². The van der Waals surface area contributed by atoms with Crippen LogP contribution in [0.5, 0.6) is 0 Å². The molecule has 8 heavy (non-hydrogen) atoms. The van der Waals surface area contributed by atoms with Crippen LogP contribution in [0.2, 0.25) is 0 Å². The summed E-state index contributed by atoms with van der Waals surface area (Å²) in [4.78, 5) is 0. The second-order valence-corrected chi connectivity index (χ2v) is 1.01. The Bertz CT molecular complexity index is 70.8. The minimum Gasteiger partial charge on any atom is -0.477 e. The maximum Gasteiger partial charge on any atom is 0 e. The van der Waals surface area contributed by atoms with Crippen LogP contribution in [0.3, 0.4) is 0 Å². The molecule has 0 spiro atoms. The van der Waals surface area contributed by atoms with Crippen molar-refractivity contribution in [2.75, 3.05) is 6.54 Å². The van der Waals surface area contributed by atoms with Gasteiger partial charge in [-0.1, -0.05) is 0 Å². The van der Waals surface area contributed by atoms with E-state index in [0.29, 0.717) is 0 Å². The van der Waals surface area contributed by atoms with Gasteiger partial charge >= 0.3 is 0 Å². The summed E-state index contributed by atoms with van der Waals surface area (Å²) < 4.78 is 0. The Morgan fingerprint density at radius 3 is 2.75 bits per heavy atom. The van der Waals surface area contributed by atoms with Crippen LogP contribution in [-0.4, -0.2) is 12.8 Å². The minimum atomic E-state index is 0. The van der Waals surface area contributed by atoms with Crippen molar-refractivity contribution >= 4 is 6.21 Å². The van der Waals surface area contributed by atoms with Gasteiger partial charge in [-0.05, 0) is 13.5 Å². The Morgan fingerprint density at radius 2 is 2.38 bits per heavy atom. The Labute approximate surface area is 75.1 Å². The van der Waals surface area contributed by atoms with Crippen LogP contribution >= 0.6 is 0 Å². The molecule has 0 amide bonds. The van der Waals surface area contributed by atoms with Gasteiger partial charge in [-0.25, -0.2) is 6.08 Å². The SMILES string of the molecule is CCN[C-]=CC=N.[Y]. The first-order chi connectivity index (χ1) is 3.41. The summed E-state index contributed by atoms with van der Waals surface area (Å²) in [5, 5.41) is 9.29. The maximum absolute atomic E-state index is 6.50. The molecule has 3 heteroatoms. The van der Waals surface area contributed by atoms with Gasteiger partial charge in [-0.15, -0.1) is 6.21 Å². The molecule has 0 saturated heterocycles. The molecular weight excluding hydrogens is 177 g/mol. The third-order valence-corrected chi connectivity index (χ3v) is 0.446. The van der Waals surface area contributed by atoms with Gasteiger partial charge in [0.15, 0.2) is 0 Å². The molecule has 43 valence electrons. The summed E-state index contributed by atoms with van der Waals surface area (Å²) >= 11 is 0. The van der Waals surface area contributed by atoms with Crippen LogP contribution in [0.1, 0.15) is 6.92 Å². The summed E-state index contributed by atoms with van der Waals surface area (Å²) in [7, 11) is 0. The van der Waals surface area contributed by atoms with Crippen molar-refractivity contribution in [2.24, 2.45) is 0 Å². The maximum atomic E-state index is 6.50. The molecule has 0 bridgehead atoms. The van der Waals surface area contributed by atoms with E-state index in [1.807, 2.05) is 6.92 Å². The molecule has 0 aliphatic rings. The zero-order valence-electron chi connectivity index (χ0n) is 4.94. The normalized spacial score (nSPS) is 8.12. The first kappa shape index (κ1) is 11.2. The fraction of sp³-hybridized carbons (Fsp3) is 0.400. The molecule has 0 aliphatic heterocycles. The summed E-state index contributed by atoms with van der Waals surface area (Å²) in [5.74, 6) is 0. The molecule has 2 nitrogen and oxygen atoms in total.